The molecule has 2 aliphatic rings. The Bertz CT molecular complexity index is 524. The van der Waals surface area contributed by atoms with E-state index in [1.165, 1.54) is 11.3 Å². The van der Waals surface area contributed by atoms with Crippen LogP contribution in [0.2, 0.25) is 0 Å². The summed E-state index contributed by atoms with van der Waals surface area (Å²) in [7, 11) is 0. The number of hydrogen-bond acceptors (Lipinski definition) is 5. The third-order valence-corrected chi connectivity index (χ3v) is 2.77. The first-order valence-electron chi connectivity index (χ1n) is 6.04. The largest absolute Gasteiger partial charge is 0.429 e. The van der Waals surface area contributed by atoms with E-state index in [2.05, 4.69) is 10.4 Å². The lowest BCUT2D eigenvalue weighted by Gasteiger charge is -2.28. The molecule has 2 heterocycles. The summed E-state index contributed by atoms with van der Waals surface area (Å²) in [5.74, 6) is -0.0154. The van der Waals surface area contributed by atoms with Crippen LogP contribution in [0.4, 0.5) is 0 Å². The second-order valence-electron chi connectivity index (χ2n) is 5.60. The van der Waals surface area contributed by atoms with Gasteiger partial charge in [0.2, 0.25) is 0 Å². The quantitative estimate of drug-likeness (QED) is 0.727. The highest BCUT2D eigenvalue weighted by atomic mass is 16.5. The number of carbonyl (C=O) groups excluding carboxylic acids is 2. The van der Waals surface area contributed by atoms with Gasteiger partial charge < -0.3 is 10.1 Å². The molecule has 0 aromatic heterocycles. The van der Waals surface area contributed by atoms with Crippen molar-refractivity contribution in [3.8, 4) is 0 Å². The van der Waals surface area contributed by atoms with Crippen LogP contribution in [0.1, 0.15) is 34.1 Å². The van der Waals surface area contributed by atoms with E-state index in [0.717, 1.165) is 5.57 Å². The maximum absolute atomic E-state index is 11.8. The molecule has 1 amide bonds. The molecule has 19 heavy (non-hydrogen) atoms. The van der Waals surface area contributed by atoms with Crippen molar-refractivity contribution in [1.82, 2.24) is 10.3 Å². The van der Waals surface area contributed by atoms with E-state index >= 15 is 0 Å². The molecule has 0 aliphatic carbocycles. The monoisotopic (exact) mass is 263 g/mol. The average molecular weight is 263 g/mol. The lowest BCUT2D eigenvalue weighted by Crippen LogP contribution is -2.37. The summed E-state index contributed by atoms with van der Waals surface area (Å²) in [6, 6.07) is 0. The molecule has 0 saturated carbocycles. The molecule has 0 aromatic rings. The summed E-state index contributed by atoms with van der Waals surface area (Å²) >= 11 is 0. The minimum Gasteiger partial charge on any atom is -0.429 e. The van der Waals surface area contributed by atoms with Crippen LogP contribution in [0.15, 0.2) is 28.3 Å². The molecule has 0 aromatic carbocycles. The number of esters is 1. The highest BCUT2D eigenvalue weighted by Crippen LogP contribution is 2.28. The smallest absolute Gasteiger partial charge is 0.316 e. The van der Waals surface area contributed by atoms with E-state index in [1.54, 1.807) is 27.0 Å². The van der Waals surface area contributed by atoms with Crippen LogP contribution in [0.3, 0.4) is 0 Å². The summed E-state index contributed by atoms with van der Waals surface area (Å²) in [4.78, 5) is 23.5. The Labute approximate surface area is 111 Å². The van der Waals surface area contributed by atoms with Crippen LogP contribution < -0.4 is 5.32 Å². The summed E-state index contributed by atoms with van der Waals surface area (Å²) in [6.45, 7) is 7.19. The van der Waals surface area contributed by atoms with Gasteiger partial charge >= 0.3 is 5.97 Å². The van der Waals surface area contributed by atoms with E-state index in [9.17, 15) is 9.59 Å². The van der Waals surface area contributed by atoms with Crippen molar-refractivity contribution >= 4 is 18.2 Å². The van der Waals surface area contributed by atoms with Crippen molar-refractivity contribution in [2.45, 2.75) is 34.1 Å². The van der Waals surface area contributed by atoms with Crippen molar-refractivity contribution in [2.24, 2.45) is 10.5 Å². The van der Waals surface area contributed by atoms with Gasteiger partial charge in [-0.3, -0.25) is 9.59 Å². The van der Waals surface area contributed by atoms with Crippen molar-refractivity contribution in [1.29, 1.82) is 0 Å². The minimum absolute atomic E-state index is 0.204. The first-order valence-corrected chi connectivity index (χ1v) is 6.04. The molecule has 6 nitrogen and oxygen atoms in total. The fraction of sp³-hybridized carbons (Fsp3) is 0.462. The molecule has 6 heteroatoms. The fourth-order valence-corrected chi connectivity index (χ4v) is 1.73. The standard InChI is InChI=1S/C13H17N3O3/c1-8-5-9(19-12(18)13(2,3)4)6-16-10(8)11(17)14-7-15-16/h6-7H,5H2,1-4H3,(H,14,15,17). The Morgan fingerprint density at radius 2 is 2.16 bits per heavy atom. The lowest BCUT2D eigenvalue weighted by atomic mass is 9.97. The summed E-state index contributed by atoms with van der Waals surface area (Å²) < 4.78 is 5.35. The number of allylic oxidation sites excluding steroid dienone is 1. The first-order chi connectivity index (χ1) is 8.79. The Morgan fingerprint density at radius 3 is 2.79 bits per heavy atom. The number of nitrogens with one attached hydrogen (secondary N) is 1. The number of fused-ring (bicyclic) bond motifs is 1. The SMILES string of the molecule is CC1=C2C(=O)NC=NN2C=C(OC(=O)C(C)(C)C)C1. The maximum atomic E-state index is 11.8. The maximum Gasteiger partial charge on any atom is 0.316 e. The molecular weight excluding hydrogens is 246 g/mol. The van der Waals surface area contributed by atoms with Gasteiger partial charge in [-0.2, -0.15) is 5.10 Å². The molecule has 0 spiro atoms. The Kier molecular flexibility index (Phi) is 3.18. The highest BCUT2D eigenvalue weighted by Gasteiger charge is 2.30. The van der Waals surface area contributed by atoms with Crippen LogP contribution in [-0.2, 0) is 14.3 Å². The predicted octanol–water partition coefficient (Wildman–Crippen LogP) is 1.47. The van der Waals surface area contributed by atoms with Gasteiger partial charge in [-0.05, 0) is 33.3 Å². The highest BCUT2D eigenvalue weighted by molar-refractivity contribution is 6.02. The summed E-state index contributed by atoms with van der Waals surface area (Å²) in [5.41, 5.74) is 0.730. The Hall–Kier alpha value is -2.11. The molecule has 0 radical (unpaired) electrons. The molecule has 1 N–H and O–H groups in total. The zero-order valence-electron chi connectivity index (χ0n) is 11.5. The van der Waals surface area contributed by atoms with Gasteiger partial charge in [-0.1, -0.05) is 0 Å². The summed E-state index contributed by atoms with van der Waals surface area (Å²) in [6.07, 6.45) is 3.31. The molecule has 2 rings (SSSR count). The Balaban J connectivity index is 2.20. The molecular formula is C13H17N3O3. The second kappa shape index (κ2) is 4.53. The van der Waals surface area contributed by atoms with E-state index < -0.39 is 5.41 Å². The molecule has 2 aliphatic heterocycles. The molecule has 0 saturated heterocycles. The van der Waals surface area contributed by atoms with E-state index in [0.29, 0.717) is 17.9 Å². The first kappa shape index (κ1) is 13.3. The average Bonchev–Trinajstić information content (AvgIpc) is 2.27. The van der Waals surface area contributed by atoms with Crippen molar-refractivity contribution in [3.05, 3.63) is 23.2 Å². The van der Waals surface area contributed by atoms with Crippen molar-refractivity contribution in [3.63, 3.8) is 0 Å². The van der Waals surface area contributed by atoms with E-state index in [1.807, 2.05) is 6.92 Å². The normalized spacial score (nSPS) is 18.8. The Morgan fingerprint density at radius 1 is 1.47 bits per heavy atom. The van der Waals surface area contributed by atoms with Gasteiger partial charge in [0.1, 0.15) is 17.8 Å². The van der Waals surface area contributed by atoms with Crippen LogP contribution in [0, 0.1) is 5.41 Å². The van der Waals surface area contributed by atoms with E-state index in [-0.39, 0.29) is 11.9 Å². The molecule has 0 unspecified atom stereocenters. The third kappa shape index (κ3) is 2.67. The molecule has 0 atom stereocenters. The van der Waals surface area contributed by atoms with Crippen LogP contribution >= 0.6 is 0 Å². The van der Waals surface area contributed by atoms with Gasteiger partial charge in [0.15, 0.2) is 0 Å². The number of hydrazone groups is 1. The third-order valence-electron chi connectivity index (χ3n) is 2.77. The molecule has 0 bridgehead atoms. The molecule has 102 valence electrons. The number of amides is 1. The number of hydrogen-bond donors (Lipinski definition) is 1. The van der Waals surface area contributed by atoms with Gasteiger partial charge in [-0.25, -0.2) is 5.01 Å². The summed E-state index contributed by atoms with van der Waals surface area (Å²) in [5, 5.41) is 7.98. The van der Waals surface area contributed by atoms with Crippen molar-refractivity contribution in [2.75, 3.05) is 0 Å². The zero-order chi connectivity index (χ0) is 14.2. The fourth-order valence-electron chi connectivity index (χ4n) is 1.73. The molecule has 0 fully saturated rings. The number of carbonyl (C=O) groups is 2. The minimum atomic E-state index is -0.568. The van der Waals surface area contributed by atoms with Crippen LogP contribution in [0.5, 0.6) is 0 Å². The predicted molar refractivity (Wildman–Crippen MR) is 69.4 cm³/mol. The number of ether oxygens (including phenoxy) is 1. The topological polar surface area (TPSA) is 71.0 Å². The number of rotatable bonds is 1. The van der Waals surface area contributed by atoms with Crippen molar-refractivity contribution < 1.29 is 14.3 Å². The van der Waals surface area contributed by atoms with Gasteiger partial charge in [0.25, 0.3) is 5.91 Å². The second-order valence-corrected chi connectivity index (χ2v) is 5.60. The van der Waals surface area contributed by atoms with Gasteiger partial charge in [0.05, 0.1) is 11.6 Å². The van der Waals surface area contributed by atoms with Gasteiger partial charge in [-0.15, -0.1) is 0 Å². The number of nitrogens with zero attached hydrogens (tertiary/aromatic N) is 2. The van der Waals surface area contributed by atoms with Crippen LogP contribution in [0.25, 0.3) is 0 Å². The van der Waals surface area contributed by atoms with E-state index in [4.69, 9.17) is 4.74 Å². The zero-order valence-corrected chi connectivity index (χ0v) is 11.5. The van der Waals surface area contributed by atoms with Crippen LogP contribution in [-0.4, -0.2) is 23.2 Å². The van der Waals surface area contributed by atoms with Gasteiger partial charge in [0, 0.05) is 6.42 Å². The lowest BCUT2D eigenvalue weighted by molar-refractivity contribution is -0.148.